The SMILES string of the molecule is C=CC[C@H](NC(=O)OCC1c2ccccc2-c2ccccc21)C(=O)ON1C(=O)CCC1=O. The predicted molar refractivity (Wildman–Crippen MR) is 114 cm³/mol. The van der Waals surface area contributed by atoms with E-state index in [4.69, 9.17) is 9.57 Å². The van der Waals surface area contributed by atoms with Crippen LogP contribution < -0.4 is 5.32 Å². The van der Waals surface area contributed by atoms with E-state index in [0.717, 1.165) is 22.3 Å². The van der Waals surface area contributed by atoms with Gasteiger partial charge in [-0.3, -0.25) is 9.59 Å². The highest BCUT2D eigenvalue weighted by Gasteiger charge is 2.35. The summed E-state index contributed by atoms with van der Waals surface area (Å²) < 4.78 is 5.44. The Balaban J connectivity index is 1.40. The average Bonchev–Trinajstić information content (AvgIpc) is 3.29. The van der Waals surface area contributed by atoms with Crippen molar-refractivity contribution in [1.29, 1.82) is 0 Å². The lowest BCUT2D eigenvalue weighted by molar-refractivity contribution is -0.198. The van der Waals surface area contributed by atoms with Crippen molar-refractivity contribution in [2.24, 2.45) is 0 Å². The van der Waals surface area contributed by atoms with Crippen LogP contribution in [0, 0.1) is 0 Å². The molecule has 164 valence electrons. The van der Waals surface area contributed by atoms with Crippen LogP contribution in [0.5, 0.6) is 0 Å². The van der Waals surface area contributed by atoms with Gasteiger partial charge in [-0.05, 0) is 28.7 Å². The summed E-state index contributed by atoms with van der Waals surface area (Å²) in [5.74, 6) is -2.26. The van der Waals surface area contributed by atoms with Crippen molar-refractivity contribution in [2.45, 2.75) is 31.2 Å². The van der Waals surface area contributed by atoms with E-state index < -0.39 is 29.9 Å². The van der Waals surface area contributed by atoms with Crippen molar-refractivity contribution in [2.75, 3.05) is 6.61 Å². The van der Waals surface area contributed by atoms with Crippen LogP contribution in [0.25, 0.3) is 11.1 Å². The van der Waals surface area contributed by atoms with E-state index in [9.17, 15) is 19.2 Å². The number of nitrogens with zero attached hydrogens (tertiary/aromatic N) is 1. The first-order valence-corrected chi connectivity index (χ1v) is 10.3. The van der Waals surface area contributed by atoms with Crippen LogP contribution in [-0.4, -0.2) is 41.6 Å². The molecule has 0 bridgehead atoms. The fourth-order valence-electron chi connectivity index (χ4n) is 3.97. The fraction of sp³-hybridized carbons (Fsp3) is 0.250. The molecule has 0 unspecified atom stereocenters. The third-order valence-electron chi connectivity index (χ3n) is 5.51. The van der Waals surface area contributed by atoms with Gasteiger partial charge in [-0.25, -0.2) is 9.59 Å². The van der Waals surface area contributed by atoms with Crippen LogP contribution in [0.1, 0.15) is 36.3 Å². The zero-order valence-electron chi connectivity index (χ0n) is 17.3. The quantitative estimate of drug-likeness (QED) is 0.531. The standard InChI is InChI=1S/C24H22N2O6/c1-2-7-20(23(29)32-26-21(27)12-13-22(26)28)25-24(30)31-14-19-17-10-5-3-8-15(17)16-9-4-6-11-18(16)19/h2-6,8-11,19-20H,1,7,12-14H2,(H,25,30)/t20-/m0/s1. The molecular formula is C24H22N2O6. The Hall–Kier alpha value is -3.94. The molecule has 3 amide bonds. The summed E-state index contributed by atoms with van der Waals surface area (Å²) in [6.07, 6.45) is 0.619. The molecule has 4 rings (SSSR count). The minimum Gasteiger partial charge on any atom is -0.449 e. The molecule has 1 heterocycles. The predicted octanol–water partition coefficient (Wildman–Crippen LogP) is 3.08. The van der Waals surface area contributed by atoms with Gasteiger partial charge in [0, 0.05) is 18.8 Å². The van der Waals surface area contributed by atoms with Crippen molar-refractivity contribution in [1.82, 2.24) is 10.4 Å². The maximum Gasteiger partial charge on any atom is 0.407 e. The number of fused-ring (bicyclic) bond motifs is 3. The van der Waals surface area contributed by atoms with Crippen LogP contribution in [0.4, 0.5) is 4.79 Å². The first kappa shape index (κ1) is 21.3. The van der Waals surface area contributed by atoms with E-state index in [1.54, 1.807) is 0 Å². The molecule has 0 saturated carbocycles. The summed E-state index contributed by atoms with van der Waals surface area (Å²) in [5.41, 5.74) is 4.33. The molecule has 1 saturated heterocycles. The van der Waals surface area contributed by atoms with E-state index in [1.165, 1.54) is 6.08 Å². The Kier molecular flexibility index (Phi) is 6.02. The second kappa shape index (κ2) is 9.05. The molecule has 0 aromatic heterocycles. The van der Waals surface area contributed by atoms with Gasteiger partial charge >= 0.3 is 12.1 Å². The topological polar surface area (TPSA) is 102 Å². The third-order valence-corrected chi connectivity index (χ3v) is 5.51. The molecule has 1 atom stereocenters. The van der Waals surface area contributed by atoms with E-state index >= 15 is 0 Å². The van der Waals surface area contributed by atoms with Crippen LogP contribution in [0.15, 0.2) is 61.2 Å². The molecule has 8 nitrogen and oxygen atoms in total. The van der Waals surface area contributed by atoms with Gasteiger partial charge in [-0.2, -0.15) is 0 Å². The minimum absolute atomic E-state index is 0.0158. The summed E-state index contributed by atoms with van der Waals surface area (Å²) in [6, 6.07) is 14.7. The summed E-state index contributed by atoms with van der Waals surface area (Å²) in [4.78, 5) is 53.1. The van der Waals surface area contributed by atoms with Gasteiger partial charge in [0.15, 0.2) is 0 Å². The zero-order valence-corrected chi connectivity index (χ0v) is 17.3. The molecule has 2 aliphatic rings. The van der Waals surface area contributed by atoms with Gasteiger partial charge < -0.3 is 14.9 Å². The number of rotatable bonds is 7. The number of imide groups is 1. The summed E-state index contributed by atoms with van der Waals surface area (Å²) >= 11 is 0. The van der Waals surface area contributed by atoms with Crippen LogP contribution in [0.2, 0.25) is 0 Å². The molecule has 1 aliphatic heterocycles. The van der Waals surface area contributed by atoms with E-state index in [1.807, 2.05) is 48.5 Å². The van der Waals surface area contributed by atoms with Crippen LogP contribution >= 0.6 is 0 Å². The smallest absolute Gasteiger partial charge is 0.407 e. The van der Waals surface area contributed by atoms with Crippen molar-refractivity contribution < 1.29 is 28.8 Å². The third kappa shape index (κ3) is 4.12. The first-order chi connectivity index (χ1) is 15.5. The molecule has 2 aromatic carbocycles. The number of alkyl carbamates (subject to hydrolysis) is 1. The lowest BCUT2D eigenvalue weighted by Crippen LogP contribution is -2.45. The van der Waals surface area contributed by atoms with Gasteiger partial charge in [0.25, 0.3) is 11.8 Å². The van der Waals surface area contributed by atoms with E-state index in [2.05, 4.69) is 11.9 Å². The van der Waals surface area contributed by atoms with Crippen molar-refractivity contribution in [3.8, 4) is 11.1 Å². The highest BCUT2D eigenvalue weighted by Crippen LogP contribution is 2.44. The molecule has 1 N–H and O–H groups in total. The highest BCUT2D eigenvalue weighted by atomic mass is 16.7. The van der Waals surface area contributed by atoms with Crippen LogP contribution in [-0.2, 0) is 24.0 Å². The Morgan fingerprint density at radius 1 is 1.03 bits per heavy atom. The molecule has 1 fully saturated rings. The lowest BCUT2D eigenvalue weighted by atomic mass is 9.98. The van der Waals surface area contributed by atoms with Gasteiger partial charge in [-0.1, -0.05) is 54.6 Å². The number of hydroxylamine groups is 2. The zero-order chi connectivity index (χ0) is 22.7. The summed E-state index contributed by atoms with van der Waals surface area (Å²) in [7, 11) is 0. The number of amides is 3. The summed E-state index contributed by atoms with van der Waals surface area (Å²) in [5, 5.41) is 2.88. The monoisotopic (exact) mass is 434 g/mol. The Labute approximate surface area is 184 Å². The van der Waals surface area contributed by atoms with E-state index in [-0.39, 0.29) is 31.8 Å². The lowest BCUT2D eigenvalue weighted by Gasteiger charge is -2.20. The van der Waals surface area contributed by atoms with Crippen molar-refractivity contribution >= 4 is 23.9 Å². The first-order valence-electron chi connectivity index (χ1n) is 10.3. The maximum absolute atomic E-state index is 12.5. The van der Waals surface area contributed by atoms with Gasteiger partial charge in [0.05, 0.1) is 0 Å². The number of hydrogen-bond acceptors (Lipinski definition) is 6. The number of carbonyl (C=O) groups excluding carboxylic acids is 4. The molecule has 32 heavy (non-hydrogen) atoms. The number of carbonyl (C=O) groups is 4. The number of hydrogen-bond donors (Lipinski definition) is 1. The molecule has 0 spiro atoms. The number of nitrogens with one attached hydrogen (secondary N) is 1. The molecule has 8 heteroatoms. The molecule has 0 radical (unpaired) electrons. The van der Waals surface area contributed by atoms with Gasteiger partial charge in [-0.15, -0.1) is 11.6 Å². The normalized spacial score (nSPS) is 15.7. The number of benzene rings is 2. The van der Waals surface area contributed by atoms with Gasteiger partial charge in [0.2, 0.25) is 0 Å². The largest absolute Gasteiger partial charge is 0.449 e. The van der Waals surface area contributed by atoms with Crippen molar-refractivity contribution in [3.05, 3.63) is 72.3 Å². The molecular weight excluding hydrogens is 412 g/mol. The Bertz CT molecular complexity index is 1030. The summed E-state index contributed by atoms with van der Waals surface area (Å²) in [6.45, 7) is 3.65. The second-order valence-corrected chi connectivity index (χ2v) is 7.54. The van der Waals surface area contributed by atoms with Gasteiger partial charge in [0.1, 0.15) is 12.6 Å². The Morgan fingerprint density at radius 3 is 2.16 bits per heavy atom. The average molecular weight is 434 g/mol. The number of ether oxygens (including phenoxy) is 1. The molecule has 1 aliphatic carbocycles. The highest BCUT2D eigenvalue weighted by molar-refractivity contribution is 6.01. The second-order valence-electron chi connectivity index (χ2n) is 7.54. The Morgan fingerprint density at radius 2 is 1.59 bits per heavy atom. The maximum atomic E-state index is 12.5. The minimum atomic E-state index is -1.15. The van der Waals surface area contributed by atoms with E-state index in [0.29, 0.717) is 5.06 Å². The van der Waals surface area contributed by atoms with Crippen molar-refractivity contribution in [3.63, 3.8) is 0 Å². The fourth-order valence-corrected chi connectivity index (χ4v) is 3.97. The molecule has 2 aromatic rings. The van der Waals surface area contributed by atoms with Crippen LogP contribution in [0.3, 0.4) is 0 Å².